The number of nitrogens with two attached hydrogens (primary N) is 2. The Labute approximate surface area is 224 Å². The Balaban J connectivity index is 1.90. The lowest BCUT2D eigenvalue weighted by Crippen LogP contribution is -2.29. The van der Waals surface area contributed by atoms with E-state index in [9.17, 15) is 18.3 Å². The third kappa shape index (κ3) is 7.34. The second-order valence-electron chi connectivity index (χ2n) is 8.32. The summed E-state index contributed by atoms with van der Waals surface area (Å²) in [6, 6.07) is 13.2. The van der Waals surface area contributed by atoms with Crippen LogP contribution in [0.1, 0.15) is 31.5 Å². The van der Waals surface area contributed by atoms with Gasteiger partial charge >= 0.3 is 6.18 Å². The maximum Gasteiger partial charge on any atom is 0.451 e. The number of aliphatic hydroxyl groups excluding tert-OH is 1. The summed E-state index contributed by atoms with van der Waals surface area (Å²) in [6.45, 7) is 0. The van der Waals surface area contributed by atoms with Gasteiger partial charge in [0, 0.05) is 21.4 Å². The molecule has 15 heteroatoms. The van der Waals surface area contributed by atoms with E-state index in [4.69, 9.17) is 20.5 Å². The lowest BCUT2D eigenvalue weighted by atomic mass is 9.92. The SMILES string of the molecule is NOOSc1cccc(-c2nc(C(F)(F)F)nc(NC3CCC(O)CC3)c2-c2cccc(SOON)c2)c1. The lowest BCUT2D eigenvalue weighted by molar-refractivity contribution is -0.195. The molecular weight excluding hydrogens is 547 g/mol. The second-order valence-corrected chi connectivity index (χ2v) is 9.87. The van der Waals surface area contributed by atoms with Crippen molar-refractivity contribution in [3.8, 4) is 22.4 Å². The summed E-state index contributed by atoms with van der Waals surface area (Å²) in [5, 5.41) is 13.1. The van der Waals surface area contributed by atoms with E-state index in [1.54, 1.807) is 48.5 Å². The number of hydrogen-bond donors (Lipinski definition) is 4. The summed E-state index contributed by atoms with van der Waals surface area (Å²) in [5.74, 6) is 8.58. The molecule has 1 aliphatic rings. The Morgan fingerprint density at radius 2 is 1.45 bits per heavy atom. The summed E-state index contributed by atoms with van der Waals surface area (Å²) in [7, 11) is 0. The van der Waals surface area contributed by atoms with Gasteiger partial charge in [-0.05, 0) is 55.5 Å². The molecule has 38 heavy (non-hydrogen) atoms. The number of anilines is 1. The number of rotatable bonds is 10. The van der Waals surface area contributed by atoms with E-state index in [-0.39, 0.29) is 17.6 Å². The molecule has 0 radical (unpaired) electrons. The van der Waals surface area contributed by atoms with Gasteiger partial charge in [-0.15, -0.1) is 18.6 Å². The van der Waals surface area contributed by atoms with Crippen molar-refractivity contribution in [2.45, 2.75) is 53.8 Å². The minimum absolute atomic E-state index is 0.0152. The van der Waals surface area contributed by atoms with Crippen LogP contribution in [0.4, 0.5) is 19.0 Å². The highest BCUT2D eigenvalue weighted by Gasteiger charge is 2.37. The van der Waals surface area contributed by atoms with Crippen molar-refractivity contribution in [1.82, 2.24) is 9.97 Å². The molecule has 0 aliphatic heterocycles. The maximum atomic E-state index is 14.0. The van der Waals surface area contributed by atoms with Crippen LogP contribution in [0.15, 0.2) is 58.3 Å². The van der Waals surface area contributed by atoms with Crippen LogP contribution in [0.25, 0.3) is 22.4 Å². The molecule has 0 atom stereocenters. The Morgan fingerprint density at radius 1 is 0.868 bits per heavy atom. The van der Waals surface area contributed by atoms with Gasteiger partial charge in [0.1, 0.15) is 5.82 Å². The van der Waals surface area contributed by atoms with E-state index >= 15 is 0 Å². The molecule has 1 heterocycles. The highest BCUT2D eigenvalue weighted by molar-refractivity contribution is 7.94. The normalized spacial score (nSPS) is 17.9. The molecule has 0 spiro atoms. The number of aliphatic hydroxyl groups is 1. The molecule has 6 N–H and O–H groups in total. The quantitative estimate of drug-likeness (QED) is 0.144. The van der Waals surface area contributed by atoms with E-state index < -0.39 is 18.1 Å². The van der Waals surface area contributed by atoms with Gasteiger partial charge < -0.3 is 10.4 Å². The monoisotopic (exact) mass is 571 g/mol. The van der Waals surface area contributed by atoms with Gasteiger partial charge in [0.25, 0.3) is 0 Å². The number of aromatic nitrogens is 2. The molecule has 10 nitrogen and oxygen atoms in total. The zero-order chi connectivity index (χ0) is 27.1. The number of hydrogen-bond acceptors (Lipinski definition) is 12. The molecule has 0 unspecified atom stereocenters. The summed E-state index contributed by atoms with van der Waals surface area (Å²) >= 11 is 1.62. The average Bonchev–Trinajstić information content (AvgIpc) is 2.91. The van der Waals surface area contributed by atoms with E-state index in [0.29, 0.717) is 52.2 Å². The number of benzene rings is 2. The van der Waals surface area contributed by atoms with E-state index in [1.807, 2.05) is 0 Å². The first-order valence-electron chi connectivity index (χ1n) is 11.3. The molecule has 1 fully saturated rings. The van der Waals surface area contributed by atoms with Crippen LogP contribution >= 0.6 is 24.1 Å². The minimum Gasteiger partial charge on any atom is -0.393 e. The summed E-state index contributed by atoms with van der Waals surface area (Å²) < 4.78 is 51.4. The molecule has 0 saturated heterocycles. The molecule has 1 saturated carbocycles. The first kappa shape index (κ1) is 28.5. The highest BCUT2D eigenvalue weighted by Crippen LogP contribution is 2.41. The standard InChI is InChI=1S/C23H24F3N5O5S2/c24-23(25,26)22-30-20(14-4-2-6-18(12-14)38-36-34-28)19(13-3-1-5-17(11-13)37-35-33-27)21(31-22)29-15-7-9-16(32)10-8-15/h1-6,11-12,15-16,32H,7-10,27-28H2,(H,29,30,31). The van der Waals surface area contributed by atoms with Crippen LogP contribution in [0.5, 0.6) is 0 Å². The Bertz CT molecular complexity index is 1230. The van der Waals surface area contributed by atoms with Gasteiger partial charge in [-0.3, -0.25) is 0 Å². The zero-order valence-electron chi connectivity index (χ0n) is 19.7. The zero-order valence-corrected chi connectivity index (χ0v) is 21.3. The fourth-order valence-corrected chi connectivity index (χ4v) is 4.96. The van der Waals surface area contributed by atoms with Crippen molar-refractivity contribution in [1.29, 1.82) is 0 Å². The predicted octanol–water partition coefficient (Wildman–Crippen LogP) is 5.20. The summed E-state index contributed by atoms with van der Waals surface area (Å²) in [6.07, 6.45) is -3.04. The van der Waals surface area contributed by atoms with Gasteiger partial charge in [-0.25, -0.2) is 9.97 Å². The second kappa shape index (κ2) is 13.1. The highest BCUT2D eigenvalue weighted by atomic mass is 32.2. The summed E-state index contributed by atoms with van der Waals surface area (Å²) in [5.41, 5.74) is 1.29. The van der Waals surface area contributed by atoms with Crippen LogP contribution in [-0.2, 0) is 24.8 Å². The van der Waals surface area contributed by atoms with Gasteiger partial charge in [0.2, 0.25) is 5.82 Å². The van der Waals surface area contributed by atoms with Gasteiger partial charge in [0.15, 0.2) is 0 Å². The molecular formula is C23H24F3N5O5S2. The smallest absolute Gasteiger partial charge is 0.393 e. The van der Waals surface area contributed by atoms with E-state index in [0.717, 1.165) is 24.1 Å². The van der Waals surface area contributed by atoms with Crippen molar-refractivity contribution in [3.63, 3.8) is 0 Å². The number of nitrogens with zero attached hydrogens (tertiary/aromatic N) is 2. The number of halogens is 3. The molecule has 3 aromatic rings. The Morgan fingerprint density at radius 3 is 2.03 bits per heavy atom. The third-order valence-corrected chi connectivity index (χ3v) is 6.96. The molecule has 0 amide bonds. The van der Waals surface area contributed by atoms with Crippen LogP contribution in [-0.4, -0.2) is 27.2 Å². The van der Waals surface area contributed by atoms with Gasteiger partial charge in [-0.2, -0.15) is 25.0 Å². The molecule has 1 aliphatic carbocycles. The van der Waals surface area contributed by atoms with Crippen molar-refractivity contribution in [3.05, 3.63) is 54.4 Å². The lowest BCUT2D eigenvalue weighted by Gasteiger charge is -2.28. The fourth-order valence-electron chi connectivity index (χ4n) is 4.10. The van der Waals surface area contributed by atoms with Crippen molar-refractivity contribution >= 4 is 29.9 Å². The largest absolute Gasteiger partial charge is 0.451 e. The van der Waals surface area contributed by atoms with Crippen LogP contribution in [0.2, 0.25) is 0 Å². The average molecular weight is 572 g/mol. The molecule has 0 bridgehead atoms. The molecule has 4 rings (SSSR count). The molecule has 204 valence electrons. The Kier molecular flexibility index (Phi) is 9.80. The van der Waals surface area contributed by atoms with Crippen molar-refractivity contribution in [2.75, 3.05) is 5.32 Å². The van der Waals surface area contributed by atoms with E-state index in [1.165, 1.54) is 0 Å². The van der Waals surface area contributed by atoms with E-state index in [2.05, 4.69) is 25.3 Å². The topological polar surface area (TPSA) is 147 Å². The van der Waals surface area contributed by atoms with Gasteiger partial charge in [-0.1, -0.05) is 24.3 Å². The van der Waals surface area contributed by atoms with Crippen LogP contribution < -0.4 is 17.1 Å². The fraction of sp³-hybridized carbons (Fsp3) is 0.304. The Hall–Kier alpha value is -2.47. The molecule has 2 aromatic carbocycles. The van der Waals surface area contributed by atoms with Crippen molar-refractivity contribution < 1.29 is 36.9 Å². The summed E-state index contributed by atoms with van der Waals surface area (Å²) in [4.78, 5) is 17.3. The maximum absolute atomic E-state index is 14.0. The first-order chi connectivity index (χ1) is 18.3. The third-order valence-electron chi connectivity index (χ3n) is 5.77. The minimum atomic E-state index is -4.81. The van der Waals surface area contributed by atoms with Crippen molar-refractivity contribution in [2.24, 2.45) is 11.8 Å². The number of alkyl halides is 3. The first-order valence-corrected chi connectivity index (χ1v) is 12.8. The molecule has 1 aromatic heterocycles. The van der Waals surface area contributed by atoms with Crippen LogP contribution in [0, 0.1) is 0 Å². The van der Waals surface area contributed by atoms with Crippen LogP contribution in [0.3, 0.4) is 0 Å². The number of nitrogens with one attached hydrogen (secondary N) is 1. The predicted molar refractivity (Wildman–Crippen MR) is 134 cm³/mol. The van der Waals surface area contributed by atoms with Gasteiger partial charge in [0.05, 0.1) is 41.4 Å².